The molecule has 0 unspecified atom stereocenters. The van der Waals surface area contributed by atoms with Crippen molar-refractivity contribution in [3.8, 4) is 11.1 Å². The number of nitrogens with one attached hydrogen (secondary N) is 1. The summed E-state index contributed by atoms with van der Waals surface area (Å²) in [6.45, 7) is 3.77. The van der Waals surface area contributed by atoms with Gasteiger partial charge in [0.05, 0.1) is 18.3 Å². The number of likely N-dealkylation sites (N-methyl/N-ethyl adjacent to an activating group) is 1. The van der Waals surface area contributed by atoms with Crippen LogP contribution in [0.4, 0.5) is 0 Å². The van der Waals surface area contributed by atoms with Crippen LogP contribution in [0.5, 0.6) is 0 Å². The number of benzene rings is 1. The molecule has 0 radical (unpaired) electrons. The van der Waals surface area contributed by atoms with E-state index < -0.39 is 5.91 Å². The van der Waals surface area contributed by atoms with E-state index in [0.29, 0.717) is 10.2 Å². The molecule has 146 valence electrons. The smallest absolute Gasteiger partial charge is 0.263 e. The highest BCUT2D eigenvalue weighted by Crippen LogP contribution is 2.31. The van der Waals surface area contributed by atoms with E-state index in [-0.39, 0.29) is 24.6 Å². The Labute approximate surface area is 166 Å². The van der Waals surface area contributed by atoms with Crippen LogP contribution in [-0.4, -0.2) is 46.9 Å². The molecule has 8 heteroatoms. The molecule has 3 rings (SSSR count). The van der Waals surface area contributed by atoms with Gasteiger partial charge in [-0.1, -0.05) is 18.2 Å². The molecule has 0 spiro atoms. The number of nitrogens with zero attached hydrogens (tertiary/aromatic N) is 3. The maximum Gasteiger partial charge on any atom is 0.263 e. The lowest BCUT2D eigenvalue weighted by Crippen LogP contribution is -2.39. The fraction of sp³-hybridized carbons (Fsp3) is 0.300. The number of carbonyl (C=O) groups is 2. The van der Waals surface area contributed by atoms with E-state index in [1.54, 1.807) is 14.1 Å². The van der Waals surface area contributed by atoms with Gasteiger partial charge in [0.2, 0.25) is 11.8 Å². The largest absolute Gasteiger partial charge is 0.347 e. The molecule has 0 fully saturated rings. The number of rotatable bonds is 5. The summed E-state index contributed by atoms with van der Waals surface area (Å²) < 4.78 is 1.27. The van der Waals surface area contributed by atoms with E-state index in [9.17, 15) is 14.4 Å². The van der Waals surface area contributed by atoms with Gasteiger partial charge in [-0.15, -0.1) is 11.3 Å². The van der Waals surface area contributed by atoms with Crippen LogP contribution in [0.25, 0.3) is 21.3 Å². The van der Waals surface area contributed by atoms with Crippen LogP contribution in [0, 0.1) is 13.8 Å². The van der Waals surface area contributed by atoms with Crippen LogP contribution in [0.2, 0.25) is 0 Å². The standard InChI is InChI=1S/C20H22N4O3S/c1-12-5-6-14(7-13(12)2)15-10-28-19-18(15)20(27)24(11-22-19)9-16(25)21-8-17(26)23(3)4/h5-7,10-11H,8-9H2,1-4H3,(H,21,25). The zero-order valence-electron chi connectivity index (χ0n) is 16.3. The van der Waals surface area contributed by atoms with Crippen molar-refractivity contribution in [3.05, 3.63) is 51.4 Å². The Hall–Kier alpha value is -3.00. The van der Waals surface area contributed by atoms with E-state index in [4.69, 9.17) is 0 Å². The molecule has 7 nitrogen and oxygen atoms in total. The van der Waals surface area contributed by atoms with Gasteiger partial charge in [-0.2, -0.15) is 0 Å². The lowest BCUT2D eigenvalue weighted by molar-refractivity contribution is -0.131. The fourth-order valence-corrected chi connectivity index (χ4v) is 3.65. The van der Waals surface area contributed by atoms with Gasteiger partial charge in [0.15, 0.2) is 0 Å². The van der Waals surface area contributed by atoms with Gasteiger partial charge in [0.1, 0.15) is 11.4 Å². The van der Waals surface area contributed by atoms with Gasteiger partial charge in [0, 0.05) is 25.0 Å². The Morgan fingerprint density at radius 2 is 1.96 bits per heavy atom. The summed E-state index contributed by atoms with van der Waals surface area (Å²) in [4.78, 5) is 43.1. The first kappa shape index (κ1) is 19.8. The molecule has 28 heavy (non-hydrogen) atoms. The van der Waals surface area contributed by atoms with Crippen LogP contribution in [0.3, 0.4) is 0 Å². The van der Waals surface area contributed by atoms with Gasteiger partial charge in [-0.25, -0.2) is 4.98 Å². The molecule has 0 atom stereocenters. The summed E-state index contributed by atoms with van der Waals surface area (Å²) in [6, 6.07) is 6.06. The highest BCUT2D eigenvalue weighted by atomic mass is 32.1. The minimum absolute atomic E-state index is 0.109. The molecule has 2 amide bonds. The molecule has 1 aromatic carbocycles. The summed E-state index contributed by atoms with van der Waals surface area (Å²) in [7, 11) is 3.23. The van der Waals surface area contributed by atoms with Gasteiger partial charge in [0.25, 0.3) is 5.56 Å². The second-order valence-electron chi connectivity index (χ2n) is 6.87. The number of hydrogen-bond donors (Lipinski definition) is 1. The monoisotopic (exact) mass is 398 g/mol. The van der Waals surface area contributed by atoms with Crippen molar-refractivity contribution in [1.82, 2.24) is 19.8 Å². The first-order valence-electron chi connectivity index (χ1n) is 8.79. The van der Waals surface area contributed by atoms with Crippen LogP contribution < -0.4 is 10.9 Å². The van der Waals surface area contributed by atoms with E-state index in [1.807, 2.05) is 37.4 Å². The molecule has 0 aliphatic rings. The highest BCUT2D eigenvalue weighted by molar-refractivity contribution is 7.17. The summed E-state index contributed by atoms with van der Waals surface area (Å²) in [5.41, 5.74) is 3.83. The van der Waals surface area contributed by atoms with Crippen molar-refractivity contribution in [1.29, 1.82) is 0 Å². The molecular weight excluding hydrogens is 376 g/mol. The highest BCUT2D eigenvalue weighted by Gasteiger charge is 2.15. The number of aromatic nitrogens is 2. The molecular formula is C20H22N4O3S. The second-order valence-corrected chi connectivity index (χ2v) is 7.73. The van der Waals surface area contributed by atoms with E-state index in [0.717, 1.165) is 16.7 Å². The van der Waals surface area contributed by atoms with Crippen molar-refractivity contribution in [2.45, 2.75) is 20.4 Å². The first-order chi connectivity index (χ1) is 13.3. The van der Waals surface area contributed by atoms with Crippen molar-refractivity contribution in [2.24, 2.45) is 0 Å². The fourth-order valence-electron chi connectivity index (χ4n) is 2.74. The Balaban J connectivity index is 1.90. The SMILES string of the molecule is Cc1ccc(-c2csc3ncn(CC(=O)NCC(=O)N(C)C)c(=O)c23)cc1C. The third-order valence-electron chi connectivity index (χ3n) is 4.63. The molecule has 2 heterocycles. The number of fused-ring (bicyclic) bond motifs is 1. The van der Waals surface area contributed by atoms with Crippen LogP contribution in [0.15, 0.2) is 34.7 Å². The Bertz CT molecular complexity index is 1110. The van der Waals surface area contributed by atoms with Crippen molar-refractivity contribution >= 4 is 33.4 Å². The summed E-state index contributed by atoms with van der Waals surface area (Å²) in [5, 5.41) is 4.95. The number of aryl methyl sites for hydroxylation is 2. The normalized spacial score (nSPS) is 10.9. The predicted octanol–water partition coefficient (Wildman–Crippen LogP) is 1.95. The average Bonchev–Trinajstić information content (AvgIpc) is 3.09. The van der Waals surface area contributed by atoms with Crippen molar-refractivity contribution in [3.63, 3.8) is 0 Å². The zero-order valence-corrected chi connectivity index (χ0v) is 17.1. The minimum atomic E-state index is -0.415. The van der Waals surface area contributed by atoms with E-state index >= 15 is 0 Å². The molecule has 0 saturated heterocycles. The van der Waals surface area contributed by atoms with Gasteiger partial charge in [-0.3, -0.25) is 19.0 Å². The average molecular weight is 398 g/mol. The predicted molar refractivity (Wildman–Crippen MR) is 110 cm³/mol. The Morgan fingerprint density at radius 3 is 2.64 bits per heavy atom. The molecule has 2 aromatic heterocycles. The van der Waals surface area contributed by atoms with Gasteiger partial charge < -0.3 is 10.2 Å². The molecule has 0 aliphatic carbocycles. The molecule has 0 aliphatic heterocycles. The zero-order chi connectivity index (χ0) is 20.4. The summed E-state index contributed by atoms with van der Waals surface area (Å²) in [5.74, 6) is -0.634. The molecule has 0 saturated carbocycles. The van der Waals surface area contributed by atoms with Gasteiger partial charge in [-0.05, 0) is 30.5 Å². The van der Waals surface area contributed by atoms with Crippen LogP contribution in [0.1, 0.15) is 11.1 Å². The van der Waals surface area contributed by atoms with Crippen LogP contribution in [-0.2, 0) is 16.1 Å². The minimum Gasteiger partial charge on any atom is -0.347 e. The Kier molecular flexibility index (Phi) is 5.60. The summed E-state index contributed by atoms with van der Waals surface area (Å²) in [6.07, 6.45) is 1.37. The number of carbonyl (C=O) groups excluding carboxylic acids is 2. The lowest BCUT2D eigenvalue weighted by Gasteiger charge is -2.11. The molecule has 0 bridgehead atoms. The second kappa shape index (κ2) is 7.93. The van der Waals surface area contributed by atoms with Crippen molar-refractivity contribution in [2.75, 3.05) is 20.6 Å². The van der Waals surface area contributed by atoms with E-state index in [1.165, 1.54) is 32.7 Å². The number of hydrogen-bond acceptors (Lipinski definition) is 5. The molecule has 3 aromatic rings. The third kappa shape index (κ3) is 3.96. The molecule has 1 N–H and O–H groups in total. The summed E-state index contributed by atoms with van der Waals surface area (Å²) >= 11 is 1.40. The maximum absolute atomic E-state index is 13.0. The van der Waals surface area contributed by atoms with E-state index in [2.05, 4.69) is 10.3 Å². The van der Waals surface area contributed by atoms with Gasteiger partial charge >= 0.3 is 0 Å². The Morgan fingerprint density at radius 1 is 1.21 bits per heavy atom. The van der Waals surface area contributed by atoms with Crippen molar-refractivity contribution < 1.29 is 9.59 Å². The number of amides is 2. The van der Waals surface area contributed by atoms with Crippen LogP contribution >= 0.6 is 11.3 Å². The lowest BCUT2D eigenvalue weighted by atomic mass is 10.0. The maximum atomic E-state index is 13.0. The topological polar surface area (TPSA) is 84.3 Å². The third-order valence-corrected chi connectivity index (χ3v) is 5.51. The number of thiophene rings is 1. The quantitative estimate of drug-likeness (QED) is 0.712. The first-order valence-corrected chi connectivity index (χ1v) is 9.67.